The molecule has 0 N–H and O–H groups in total. The van der Waals surface area contributed by atoms with Crippen LogP contribution in [0.5, 0.6) is 0 Å². The number of aromatic nitrogens is 1. The Morgan fingerprint density at radius 1 is 1.57 bits per heavy atom. The molecule has 1 aromatic rings. The summed E-state index contributed by atoms with van der Waals surface area (Å²) in [4.78, 5) is 6.46. The predicted octanol–water partition coefficient (Wildman–Crippen LogP) is 1.57. The summed E-state index contributed by atoms with van der Waals surface area (Å²) in [7, 11) is 0. The van der Waals surface area contributed by atoms with Crippen LogP contribution in [0.2, 0.25) is 0 Å². The summed E-state index contributed by atoms with van der Waals surface area (Å²) in [5.74, 6) is 0. The molecular weight excluding hydrogens is 174 g/mol. The van der Waals surface area contributed by atoms with Crippen LogP contribution in [-0.2, 0) is 6.54 Å². The number of pyridine rings is 1. The van der Waals surface area contributed by atoms with E-state index in [2.05, 4.69) is 16.0 Å². The van der Waals surface area contributed by atoms with Crippen LogP contribution in [-0.4, -0.2) is 22.5 Å². The zero-order valence-electron chi connectivity index (χ0n) is 8.06. The lowest BCUT2D eigenvalue weighted by Gasteiger charge is -2.17. The topological polar surface area (TPSA) is 39.9 Å². The minimum absolute atomic E-state index is 0.0945. The van der Waals surface area contributed by atoms with Gasteiger partial charge in [0.1, 0.15) is 0 Å². The maximum Gasteiger partial charge on any atom is 0.0981 e. The first-order valence-corrected chi connectivity index (χ1v) is 4.94. The molecule has 1 aliphatic heterocycles. The molecule has 1 aromatic heterocycles. The summed E-state index contributed by atoms with van der Waals surface area (Å²) < 4.78 is 0. The molecule has 0 spiro atoms. The van der Waals surface area contributed by atoms with Crippen molar-refractivity contribution < 1.29 is 0 Å². The van der Waals surface area contributed by atoms with Crippen LogP contribution in [0, 0.1) is 11.3 Å². The van der Waals surface area contributed by atoms with Gasteiger partial charge in [-0.25, -0.2) is 0 Å². The van der Waals surface area contributed by atoms with Gasteiger partial charge in [0, 0.05) is 12.7 Å². The second kappa shape index (κ2) is 4.21. The average molecular weight is 187 g/mol. The largest absolute Gasteiger partial charge is 0.282 e. The molecule has 1 atom stereocenters. The molecule has 2 rings (SSSR count). The van der Waals surface area contributed by atoms with Gasteiger partial charge >= 0.3 is 0 Å². The summed E-state index contributed by atoms with van der Waals surface area (Å²) >= 11 is 0. The lowest BCUT2D eigenvalue weighted by Crippen LogP contribution is -2.27. The fourth-order valence-corrected chi connectivity index (χ4v) is 1.86. The van der Waals surface area contributed by atoms with Crippen molar-refractivity contribution in [2.45, 2.75) is 25.4 Å². The SMILES string of the molecule is N#CC1CCCN1Cc1ccccn1. The zero-order valence-corrected chi connectivity index (χ0v) is 8.06. The Morgan fingerprint density at radius 2 is 2.50 bits per heavy atom. The summed E-state index contributed by atoms with van der Waals surface area (Å²) in [6.07, 6.45) is 3.93. The van der Waals surface area contributed by atoms with Crippen molar-refractivity contribution in [1.82, 2.24) is 9.88 Å². The highest BCUT2D eigenvalue weighted by molar-refractivity contribution is 5.06. The Morgan fingerprint density at radius 3 is 3.21 bits per heavy atom. The fraction of sp³-hybridized carbons (Fsp3) is 0.455. The van der Waals surface area contributed by atoms with E-state index in [0.29, 0.717) is 0 Å². The standard InChI is InChI=1S/C11H13N3/c12-8-11-5-3-7-14(11)9-10-4-1-2-6-13-10/h1-2,4,6,11H,3,5,7,9H2. The van der Waals surface area contributed by atoms with Crippen LogP contribution in [0.1, 0.15) is 18.5 Å². The van der Waals surface area contributed by atoms with Crippen molar-refractivity contribution in [2.24, 2.45) is 0 Å². The molecule has 2 heterocycles. The molecule has 1 fully saturated rings. The highest BCUT2D eigenvalue weighted by atomic mass is 15.2. The quantitative estimate of drug-likeness (QED) is 0.705. The molecule has 0 bridgehead atoms. The van der Waals surface area contributed by atoms with Gasteiger partial charge in [0.05, 0.1) is 17.8 Å². The van der Waals surface area contributed by atoms with Gasteiger partial charge in [-0.3, -0.25) is 9.88 Å². The van der Waals surface area contributed by atoms with Crippen molar-refractivity contribution in [2.75, 3.05) is 6.54 Å². The molecule has 3 nitrogen and oxygen atoms in total. The number of nitrogens with zero attached hydrogens (tertiary/aromatic N) is 3. The molecule has 1 saturated heterocycles. The molecule has 0 aromatic carbocycles. The monoisotopic (exact) mass is 187 g/mol. The third-order valence-corrected chi connectivity index (χ3v) is 2.60. The van der Waals surface area contributed by atoms with Gasteiger partial charge in [-0.2, -0.15) is 5.26 Å². The van der Waals surface area contributed by atoms with E-state index in [1.54, 1.807) is 6.20 Å². The predicted molar refractivity (Wildman–Crippen MR) is 53.3 cm³/mol. The average Bonchev–Trinajstić information content (AvgIpc) is 2.67. The summed E-state index contributed by atoms with van der Waals surface area (Å²) in [5.41, 5.74) is 1.05. The molecule has 14 heavy (non-hydrogen) atoms. The van der Waals surface area contributed by atoms with E-state index in [0.717, 1.165) is 31.6 Å². The molecule has 0 amide bonds. The number of likely N-dealkylation sites (tertiary alicyclic amines) is 1. The second-order valence-corrected chi connectivity index (χ2v) is 3.58. The molecule has 1 aliphatic rings. The van der Waals surface area contributed by atoms with E-state index >= 15 is 0 Å². The first-order chi connectivity index (χ1) is 6.90. The molecule has 72 valence electrons. The highest BCUT2D eigenvalue weighted by Crippen LogP contribution is 2.18. The Labute approximate surface area is 84.0 Å². The van der Waals surface area contributed by atoms with Gasteiger partial charge in [0.2, 0.25) is 0 Å². The summed E-state index contributed by atoms with van der Waals surface area (Å²) in [6.45, 7) is 1.83. The maximum atomic E-state index is 8.90. The van der Waals surface area contributed by atoms with Crippen molar-refractivity contribution in [3.63, 3.8) is 0 Å². The van der Waals surface area contributed by atoms with E-state index in [1.165, 1.54) is 0 Å². The zero-order chi connectivity index (χ0) is 9.80. The van der Waals surface area contributed by atoms with Crippen LogP contribution in [0.3, 0.4) is 0 Å². The van der Waals surface area contributed by atoms with Crippen LogP contribution in [0.25, 0.3) is 0 Å². The lowest BCUT2D eigenvalue weighted by atomic mass is 10.2. The van der Waals surface area contributed by atoms with Gasteiger partial charge in [0.15, 0.2) is 0 Å². The minimum atomic E-state index is 0.0945. The number of hydrogen-bond acceptors (Lipinski definition) is 3. The molecule has 3 heteroatoms. The molecule has 0 saturated carbocycles. The van der Waals surface area contributed by atoms with Gasteiger partial charge in [-0.05, 0) is 31.5 Å². The first-order valence-electron chi connectivity index (χ1n) is 4.94. The Kier molecular flexibility index (Phi) is 2.76. The lowest BCUT2D eigenvalue weighted by molar-refractivity contribution is 0.283. The fourth-order valence-electron chi connectivity index (χ4n) is 1.86. The Bertz CT molecular complexity index is 328. The summed E-state index contributed by atoms with van der Waals surface area (Å²) in [5, 5.41) is 8.90. The normalized spacial score (nSPS) is 22.1. The van der Waals surface area contributed by atoms with Gasteiger partial charge in [-0.15, -0.1) is 0 Å². The smallest absolute Gasteiger partial charge is 0.0981 e. The van der Waals surface area contributed by atoms with E-state index in [9.17, 15) is 0 Å². The van der Waals surface area contributed by atoms with E-state index < -0.39 is 0 Å². The third-order valence-electron chi connectivity index (χ3n) is 2.60. The number of rotatable bonds is 2. The van der Waals surface area contributed by atoms with Gasteiger partial charge < -0.3 is 0 Å². The van der Waals surface area contributed by atoms with Crippen LogP contribution >= 0.6 is 0 Å². The van der Waals surface area contributed by atoms with Crippen molar-refractivity contribution >= 4 is 0 Å². The van der Waals surface area contributed by atoms with Gasteiger partial charge in [-0.1, -0.05) is 6.07 Å². The minimum Gasteiger partial charge on any atom is -0.282 e. The molecule has 0 radical (unpaired) electrons. The van der Waals surface area contributed by atoms with Crippen LogP contribution in [0.15, 0.2) is 24.4 Å². The van der Waals surface area contributed by atoms with E-state index in [-0.39, 0.29) is 6.04 Å². The highest BCUT2D eigenvalue weighted by Gasteiger charge is 2.23. The second-order valence-electron chi connectivity index (χ2n) is 3.58. The maximum absolute atomic E-state index is 8.90. The number of hydrogen-bond donors (Lipinski definition) is 0. The molecular formula is C11H13N3. The Hall–Kier alpha value is -1.40. The van der Waals surface area contributed by atoms with Crippen molar-refractivity contribution in [3.05, 3.63) is 30.1 Å². The molecule has 1 unspecified atom stereocenters. The first kappa shape index (κ1) is 9.17. The number of nitriles is 1. The van der Waals surface area contributed by atoms with E-state index in [4.69, 9.17) is 5.26 Å². The van der Waals surface area contributed by atoms with Crippen LogP contribution in [0.4, 0.5) is 0 Å². The van der Waals surface area contributed by atoms with Crippen molar-refractivity contribution in [1.29, 1.82) is 5.26 Å². The van der Waals surface area contributed by atoms with Crippen LogP contribution < -0.4 is 0 Å². The third kappa shape index (κ3) is 1.91. The van der Waals surface area contributed by atoms with Crippen molar-refractivity contribution in [3.8, 4) is 6.07 Å². The van der Waals surface area contributed by atoms with Gasteiger partial charge in [0.25, 0.3) is 0 Å². The molecule has 0 aliphatic carbocycles. The Balaban J connectivity index is 2.01. The summed E-state index contributed by atoms with van der Waals surface area (Å²) in [6, 6.07) is 8.33. The van der Waals surface area contributed by atoms with E-state index in [1.807, 2.05) is 18.2 Å².